The van der Waals surface area contributed by atoms with E-state index in [2.05, 4.69) is 47.9 Å². The van der Waals surface area contributed by atoms with E-state index < -0.39 is 0 Å². The maximum Gasteiger partial charge on any atom is 0.282 e. The summed E-state index contributed by atoms with van der Waals surface area (Å²) < 4.78 is 8.09. The van der Waals surface area contributed by atoms with Gasteiger partial charge in [0.25, 0.3) is 5.56 Å². The van der Waals surface area contributed by atoms with Crippen molar-refractivity contribution < 1.29 is 4.74 Å². The quantitative estimate of drug-likeness (QED) is 0.409. The van der Waals surface area contributed by atoms with Crippen molar-refractivity contribution in [3.63, 3.8) is 0 Å². The minimum absolute atomic E-state index is 0.159. The van der Waals surface area contributed by atoms with Crippen molar-refractivity contribution in [2.75, 3.05) is 6.61 Å². The molecule has 1 heterocycles. The monoisotopic (exact) mass is 469 g/mol. The molecule has 0 bridgehead atoms. The van der Waals surface area contributed by atoms with Gasteiger partial charge in [-0.2, -0.15) is 9.78 Å². The molecule has 30 heavy (non-hydrogen) atoms. The molecule has 1 aromatic heterocycles. The van der Waals surface area contributed by atoms with Crippen LogP contribution in [-0.2, 0) is 6.42 Å². The fraction of sp³-hybridized carbons (Fsp3) is 0.375. The molecule has 0 amide bonds. The maximum atomic E-state index is 13.2. The van der Waals surface area contributed by atoms with Crippen LogP contribution < -0.4 is 10.3 Å². The molecule has 6 heteroatoms. The molecule has 0 saturated carbocycles. The number of halogens is 1. The summed E-state index contributed by atoms with van der Waals surface area (Å²) >= 11 is 3.44. The number of nitrogens with zero attached hydrogens (tertiary/aromatic N) is 3. The second-order valence-corrected chi connectivity index (χ2v) is 8.55. The fourth-order valence-corrected chi connectivity index (χ4v) is 3.77. The first-order chi connectivity index (χ1) is 14.3. The first-order valence-corrected chi connectivity index (χ1v) is 11.2. The molecule has 2 aromatic carbocycles. The standard InChI is InChI=1S/C24H28BrN3O2/c1-6-8-23-27-21-10-9-18(25)13-20(21)24(29)28(23)26-14-17-12-19(15(3)4)22(30-7-2)11-16(17)5/h9-15H,6-8H2,1-5H3. The molecule has 3 aromatic rings. The van der Waals surface area contributed by atoms with Crippen LogP contribution in [0.4, 0.5) is 0 Å². The van der Waals surface area contributed by atoms with Crippen molar-refractivity contribution in [1.29, 1.82) is 0 Å². The summed E-state index contributed by atoms with van der Waals surface area (Å²) in [5.41, 5.74) is 3.68. The van der Waals surface area contributed by atoms with Gasteiger partial charge in [0.1, 0.15) is 11.6 Å². The van der Waals surface area contributed by atoms with E-state index in [4.69, 9.17) is 9.72 Å². The third-order valence-corrected chi connectivity index (χ3v) is 5.47. The second-order valence-electron chi connectivity index (χ2n) is 7.64. The van der Waals surface area contributed by atoms with Gasteiger partial charge in [-0.05, 0) is 73.2 Å². The summed E-state index contributed by atoms with van der Waals surface area (Å²) in [6.45, 7) is 11.0. The topological polar surface area (TPSA) is 56.5 Å². The van der Waals surface area contributed by atoms with Crippen molar-refractivity contribution in [1.82, 2.24) is 9.66 Å². The van der Waals surface area contributed by atoms with Gasteiger partial charge in [0.2, 0.25) is 0 Å². The molecule has 5 nitrogen and oxygen atoms in total. The Balaban J connectivity index is 2.13. The van der Waals surface area contributed by atoms with Crippen LogP contribution in [0.2, 0.25) is 0 Å². The van der Waals surface area contributed by atoms with Crippen LogP contribution in [0.1, 0.15) is 62.5 Å². The Bertz CT molecular complexity index is 1150. The molecule has 0 aliphatic heterocycles. The fourth-order valence-electron chi connectivity index (χ4n) is 3.41. The number of aryl methyl sites for hydroxylation is 2. The van der Waals surface area contributed by atoms with Gasteiger partial charge in [-0.25, -0.2) is 4.98 Å². The number of benzene rings is 2. The SMILES string of the molecule is CCCc1nc2ccc(Br)cc2c(=O)n1N=Cc1cc(C(C)C)c(OCC)cc1C. The average molecular weight is 470 g/mol. The lowest BCUT2D eigenvalue weighted by Gasteiger charge is -2.16. The smallest absolute Gasteiger partial charge is 0.282 e. The Labute approximate surface area is 185 Å². The minimum atomic E-state index is -0.159. The van der Waals surface area contributed by atoms with Crippen molar-refractivity contribution in [2.24, 2.45) is 5.10 Å². The molecule has 0 fully saturated rings. The number of aromatic nitrogens is 2. The zero-order chi connectivity index (χ0) is 21.8. The van der Waals surface area contributed by atoms with Gasteiger partial charge in [0.05, 0.1) is 23.7 Å². The molecule has 158 valence electrons. The first kappa shape index (κ1) is 22.2. The molecular weight excluding hydrogens is 442 g/mol. The van der Waals surface area contributed by atoms with Crippen molar-refractivity contribution in [2.45, 2.75) is 53.4 Å². The molecule has 0 aliphatic rings. The van der Waals surface area contributed by atoms with Gasteiger partial charge in [0, 0.05) is 10.9 Å². The second kappa shape index (κ2) is 9.56. The van der Waals surface area contributed by atoms with Crippen molar-refractivity contribution in [3.05, 3.63) is 67.7 Å². The highest BCUT2D eigenvalue weighted by atomic mass is 79.9. The van der Waals surface area contributed by atoms with Crippen LogP contribution in [0, 0.1) is 6.92 Å². The van der Waals surface area contributed by atoms with Crippen molar-refractivity contribution in [3.8, 4) is 5.75 Å². The van der Waals surface area contributed by atoms with Crippen LogP contribution in [-0.4, -0.2) is 22.5 Å². The molecule has 3 rings (SSSR count). The third kappa shape index (κ3) is 4.64. The molecule has 0 aliphatic carbocycles. The lowest BCUT2D eigenvalue weighted by molar-refractivity contribution is 0.335. The van der Waals surface area contributed by atoms with Gasteiger partial charge in [-0.1, -0.05) is 36.7 Å². The van der Waals surface area contributed by atoms with Gasteiger partial charge in [-0.3, -0.25) is 4.79 Å². The van der Waals surface area contributed by atoms with Gasteiger partial charge in [0.15, 0.2) is 0 Å². The van der Waals surface area contributed by atoms with Crippen LogP contribution in [0.5, 0.6) is 5.75 Å². The van der Waals surface area contributed by atoms with E-state index in [1.54, 1.807) is 12.3 Å². The zero-order valence-electron chi connectivity index (χ0n) is 18.2. The Morgan fingerprint density at radius 2 is 2.00 bits per heavy atom. The number of fused-ring (bicyclic) bond motifs is 1. The Hall–Kier alpha value is -2.47. The first-order valence-electron chi connectivity index (χ1n) is 10.4. The predicted octanol–water partition coefficient (Wildman–Crippen LogP) is 5.82. The van der Waals surface area contributed by atoms with Gasteiger partial charge in [-0.15, -0.1) is 0 Å². The van der Waals surface area contributed by atoms with E-state index in [0.717, 1.165) is 33.3 Å². The molecule has 0 atom stereocenters. The number of ether oxygens (including phenoxy) is 1. The highest BCUT2D eigenvalue weighted by Gasteiger charge is 2.13. The largest absolute Gasteiger partial charge is 0.494 e. The van der Waals surface area contributed by atoms with E-state index in [1.165, 1.54) is 4.68 Å². The van der Waals surface area contributed by atoms with Crippen LogP contribution in [0.15, 0.2) is 44.7 Å². The zero-order valence-corrected chi connectivity index (χ0v) is 19.8. The average Bonchev–Trinajstić information content (AvgIpc) is 2.70. The van der Waals surface area contributed by atoms with E-state index in [-0.39, 0.29) is 5.56 Å². The van der Waals surface area contributed by atoms with Gasteiger partial charge >= 0.3 is 0 Å². The van der Waals surface area contributed by atoms with E-state index in [9.17, 15) is 4.79 Å². The summed E-state index contributed by atoms with van der Waals surface area (Å²) in [6, 6.07) is 9.70. The number of rotatable bonds is 7. The summed E-state index contributed by atoms with van der Waals surface area (Å²) in [5.74, 6) is 1.89. The van der Waals surface area contributed by atoms with E-state index >= 15 is 0 Å². The van der Waals surface area contributed by atoms with E-state index in [1.807, 2.05) is 32.0 Å². The maximum absolute atomic E-state index is 13.2. The third-order valence-electron chi connectivity index (χ3n) is 4.98. The Morgan fingerprint density at radius 1 is 1.23 bits per heavy atom. The predicted molar refractivity (Wildman–Crippen MR) is 127 cm³/mol. The summed E-state index contributed by atoms with van der Waals surface area (Å²) in [4.78, 5) is 17.9. The van der Waals surface area contributed by atoms with Crippen LogP contribution >= 0.6 is 15.9 Å². The lowest BCUT2D eigenvalue weighted by atomic mass is 9.97. The molecule has 0 N–H and O–H groups in total. The molecule has 0 spiro atoms. The molecule has 0 unspecified atom stereocenters. The van der Waals surface area contributed by atoms with Crippen molar-refractivity contribution >= 4 is 33.0 Å². The van der Waals surface area contributed by atoms with Crippen LogP contribution in [0.25, 0.3) is 10.9 Å². The van der Waals surface area contributed by atoms with Crippen LogP contribution in [0.3, 0.4) is 0 Å². The molecular formula is C24H28BrN3O2. The number of hydrogen-bond acceptors (Lipinski definition) is 4. The Kier molecular flexibility index (Phi) is 7.08. The summed E-state index contributed by atoms with van der Waals surface area (Å²) in [7, 11) is 0. The lowest BCUT2D eigenvalue weighted by Crippen LogP contribution is -2.22. The summed E-state index contributed by atoms with van der Waals surface area (Å²) in [6.07, 6.45) is 3.31. The minimum Gasteiger partial charge on any atom is -0.494 e. The molecule has 0 radical (unpaired) electrons. The Morgan fingerprint density at radius 3 is 2.67 bits per heavy atom. The van der Waals surface area contributed by atoms with E-state index in [0.29, 0.717) is 35.7 Å². The summed E-state index contributed by atoms with van der Waals surface area (Å²) in [5, 5.41) is 5.12. The highest BCUT2D eigenvalue weighted by Crippen LogP contribution is 2.29. The highest BCUT2D eigenvalue weighted by molar-refractivity contribution is 9.10. The normalized spacial score (nSPS) is 11.7. The molecule has 0 saturated heterocycles. The number of hydrogen-bond donors (Lipinski definition) is 0. The van der Waals surface area contributed by atoms with Gasteiger partial charge < -0.3 is 4.74 Å².